The zero-order valence-corrected chi connectivity index (χ0v) is 18.0. The van der Waals surface area contributed by atoms with Crippen molar-refractivity contribution >= 4 is 23.6 Å². The summed E-state index contributed by atoms with van der Waals surface area (Å²) >= 11 is 0. The Morgan fingerprint density at radius 2 is 1.79 bits per heavy atom. The molecule has 1 saturated heterocycles. The van der Waals surface area contributed by atoms with Crippen LogP contribution in [0.5, 0.6) is 11.5 Å². The molecule has 0 spiro atoms. The maximum atomic E-state index is 13.3. The highest BCUT2D eigenvalue weighted by molar-refractivity contribution is 6.12. The van der Waals surface area contributed by atoms with E-state index in [4.69, 9.17) is 9.47 Å². The Balaban J connectivity index is 2.02. The number of amides is 3. The SMILES string of the molecule is COc1ccc(N2CC(C(=O)O)C(=O)N(Cc3cccc(C(F)(F)F)c3C)C2=O)cc1OC. The summed E-state index contributed by atoms with van der Waals surface area (Å²) in [5.41, 5.74) is -0.740. The van der Waals surface area contributed by atoms with E-state index < -0.39 is 48.7 Å². The maximum absolute atomic E-state index is 13.3. The van der Waals surface area contributed by atoms with Crippen molar-refractivity contribution in [3.05, 3.63) is 53.1 Å². The number of carbonyl (C=O) groups excluding carboxylic acids is 2. The van der Waals surface area contributed by atoms with E-state index in [9.17, 15) is 32.7 Å². The Kier molecular flexibility index (Phi) is 6.52. The van der Waals surface area contributed by atoms with Crippen LogP contribution < -0.4 is 14.4 Å². The number of carboxylic acid groups (broad SMARTS) is 1. The number of ether oxygens (including phenoxy) is 2. The first kappa shape index (κ1) is 23.9. The summed E-state index contributed by atoms with van der Waals surface area (Å²) in [4.78, 5) is 39.5. The molecule has 0 saturated carbocycles. The van der Waals surface area contributed by atoms with Crippen LogP contribution in [0.4, 0.5) is 23.7 Å². The molecule has 33 heavy (non-hydrogen) atoms. The zero-order chi connectivity index (χ0) is 24.5. The summed E-state index contributed by atoms with van der Waals surface area (Å²) in [6.07, 6.45) is -4.62. The minimum atomic E-state index is -4.62. The van der Waals surface area contributed by atoms with Gasteiger partial charge in [-0.05, 0) is 36.2 Å². The lowest BCUT2D eigenvalue weighted by Gasteiger charge is -2.37. The Morgan fingerprint density at radius 3 is 2.36 bits per heavy atom. The molecule has 176 valence electrons. The number of benzene rings is 2. The van der Waals surface area contributed by atoms with Gasteiger partial charge in [-0.3, -0.25) is 19.4 Å². The number of carboxylic acids is 1. The van der Waals surface area contributed by atoms with Gasteiger partial charge >= 0.3 is 18.2 Å². The van der Waals surface area contributed by atoms with E-state index in [2.05, 4.69) is 0 Å². The van der Waals surface area contributed by atoms with E-state index in [1.807, 2.05) is 0 Å². The number of methoxy groups -OCH3 is 2. The number of imide groups is 1. The lowest BCUT2D eigenvalue weighted by molar-refractivity contribution is -0.150. The number of urea groups is 1. The normalized spacial score (nSPS) is 16.7. The molecule has 1 aliphatic rings. The molecule has 1 aliphatic heterocycles. The maximum Gasteiger partial charge on any atom is 0.416 e. The molecule has 0 radical (unpaired) electrons. The molecular formula is C22H21F3N2O6. The Morgan fingerprint density at radius 1 is 1.12 bits per heavy atom. The van der Waals surface area contributed by atoms with Gasteiger partial charge in [0, 0.05) is 18.3 Å². The summed E-state index contributed by atoms with van der Waals surface area (Å²) in [6.45, 7) is 0.277. The number of nitrogens with zero attached hydrogens (tertiary/aromatic N) is 2. The second-order valence-corrected chi connectivity index (χ2v) is 7.34. The predicted molar refractivity (Wildman–Crippen MR) is 110 cm³/mol. The van der Waals surface area contributed by atoms with Gasteiger partial charge in [0.25, 0.3) is 0 Å². The molecule has 3 amide bonds. The van der Waals surface area contributed by atoms with Crippen molar-refractivity contribution in [3.63, 3.8) is 0 Å². The fourth-order valence-electron chi connectivity index (χ4n) is 3.64. The van der Waals surface area contributed by atoms with Crippen LogP contribution in [0.25, 0.3) is 0 Å². The van der Waals surface area contributed by atoms with Crippen molar-refractivity contribution in [2.75, 3.05) is 25.7 Å². The monoisotopic (exact) mass is 466 g/mol. The van der Waals surface area contributed by atoms with E-state index in [0.717, 1.165) is 11.0 Å². The van der Waals surface area contributed by atoms with E-state index in [1.165, 1.54) is 51.5 Å². The van der Waals surface area contributed by atoms with Gasteiger partial charge in [0.2, 0.25) is 5.91 Å². The average molecular weight is 466 g/mol. The summed E-state index contributed by atoms with van der Waals surface area (Å²) in [7, 11) is 2.80. The van der Waals surface area contributed by atoms with Crippen LogP contribution in [0.2, 0.25) is 0 Å². The van der Waals surface area contributed by atoms with Gasteiger partial charge in [0.1, 0.15) is 0 Å². The minimum absolute atomic E-state index is 0.0739. The van der Waals surface area contributed by atoms with Crippen molar-refractivity contribution in [2.24, 2.45) is 5.92 Å². The molecule has 1 unspecified atom stereocenters. The zero-order valence-electron chi connectivity index (χ0n) is 18.0. The molecule has 0 aromatic heterocycles. The summed E-state index contributed by atoms with van der Waals surface area (Å²) in [5.74, 6) is -3.41. The smallest absolute Gasteiger partial charge is 0.416 e. The first-order chi connectivity index (χ1) is 15.5. The number of rotatable bonds is 6. The number of anilines is 1. The molecule has 1 heterocycles. The van der Waals surface area contributed by atoms with Crippen molar-refractivity contribution in [2.45, 2.75) is 19.6 Å². The van der Waals surface area contributed by atoms with Gasteiger partial charge in [0.15, 0.2) is 17.4 Å². The van der Waals surface area contributed by atoms with E-state index >= 15 is 0 Å². The second kappa shape index (κ2) is 9.00. The Labute approximate surface area is 187 Å². The van der Waals surface area contributed by atoms with Crippen LogP contribution in [0, 0.1) is 12.8 Å². The average Bonchev–Trinajstić information content (AvgIpc) is 2.76. The van der Waals surface area contributed by atoms with Crippen LogP contribution in [-0.4, -0.2) is 48.7 Å². The molecule has 1 atom stereocenters. The van der Waals surface area contributed by atoms with Gasteiger partial charge in [-0.15, -0.1) is 0 Å². The molecule has 2 aromatic rings. The molecule has 1 N–H and O–H groups in total. The number of alkyl halides is 3. The number of carbonyl (C=O) groups is 3. The van der Waals surface area contributed by atoms with Gasteiger partial charge in [-0.25, -0.2) is 4.79 Å². The topological polar surface area (TPSA) is 96.4 Å². The quantitative estimate of drug-likeness (QED) is 0.653. The third kappa shape index (κ3) is 4.57. The van der Waals surface area contributed by atoms with E-state index in [-0.39, 0.29) is 22.6 Å². The molecule has 1 fully saturated rings. The van der Waals surface area contributed by atoms with Gasteiger partial charge < -0.3 is 14.6 Å². The summed E-state index contributed by atoms with van der Waals surface area (Å²) in [5, 5.41) is 9.55. The molecule has 8 nitrogen and oxygen atoms in total. The molecule has 3 rings (SSSR count). The molecule has 2 aromatic carbocycles. The van der Waals surface area contributed by atoms with Crippen LogP contribution in [0.1, 0.15) is 16.7 Å². The Bertz CT molecular complexity index is 1100. The highest BCUT2D eigenvalue weighted by Gasteiger charge is 2.44. The molecule has 0 aliphatic carbocycles. The molecular weight excluding hydrogens is 445 g/mol. The summed E-state index contributed by atoms with van der Waals surface area (Å²) in [6, 6.07) is 7.01. The summed E-state index contributed by atoms with van der Waals surface area (Å²) < 4.78 is 50.2. The number of hydrogen-bond donors (Lipinski definition) is 1. The van der Waals surface area contributed by atoms with Gasteiger partial charge in [-0.2, -0.15) is 13.2 Å². The first-order valence-corrected chi connectivity index (χ1v) is 9.73. The van der Waals surface area contributed by atoms with Crippen LogP contribution in [-0.2, 0) is 22.3 Å². The fourth-order valence-corrected chi connectivity index (χ4v) is 3.64. The van der Waals surface area contributed by atoms with Crippen molar-refractivity contribution < 1.29 is 42.1 Å². The largest absolute Gasteiger partial charge is 0.493 e. The number of halogens is 3. The lowest BCUT2D eigenvalue weighted by atomic mass is 9.99. The predicted octanol–water partition coefficient (Wildman–Crippen LogP) is 3.70. The van der Waals surface area contributed by atoms with Crippen LogP contribution >= 0.6 is 0 Å². The van der Waals surface area contributed by atoms with E-state index in [0.29, 0.717) is 10.6 Å². The molecule has 11 heteroatoms. The number of hydrogen-bond acceptors (Lipinski definition) is 5. The van der Waals surface area contributed by atoms with Gasteiger partial charge in [-0.1, -0.05) is 12.1 Å². The second-order valence-electron chi connectivity index (χ2n) is 7.34. The van der Waals surface area contributed by atoms with Gasteiger partial charge in [0.05, 0.1) is 26.3 Å². The van der Waals surface area contributed by atoms with Crippen LogP contribution in [0.3, 0.4) is 0 Å². The van der Waals surface area contributed by atoms with Crippen molar-refractivity contribution in [3.8, 4) is 11.5 Å². The number of aliphatic carboxylic acids is 1. The lowest BCUT2D eigenvalue weighted by Crippen LogP contribution is -2.58. The van der Waals surface area contributed by atoms with Crippen molar-refractivity contribution in [1.82, 2.24) is 4.90 Å². The molecule has 0 bridgehead atoms. The third-order valence-electron chi connectivity index (χ3n) is 5.45. The third-order valence-corrected chi connectivity index (χ3v) is 5.45. The van der Waals surface area contributed by atoms with Crippen LogP contribution in [0.15, 0.2) is 36.4 Å². The Hall–Kier alpha value is -3.76. The fraction of sp³-hybridized carbons (Fsp3) is 0.318. The minimum Gasteiger partial charge on any atom is -0.493 e. The first-order valence-electron chi connectivity index (χ1n) is 9.73. The highest BCUT2D eigenvalue weighted by Crippen LogP contribution is 2.35. The van der Waals surface area contributed by atoms with Crippen molar-refractivity contribution in [1.29, 1.82) is 0 Å². The highest BCUT2D eigenvalue weighted by atomic mass is 19.4. The van der Waals surface area contributed by atoms with E-state index in [1.54, 1.807) is 0 Å². The standard InChI is InChI=1S/C22H21F3N2O6/c1-12-13(5-4-6-16(12)22(23,24)25)10-27-19(28)15(20(29)30)11-26(21(27)31)14-7-8-17(32-2)18(9-14)33-3/h4-9,15H,10-11H2,1-3H3,(H,29,30).